The predicted octanol–water partition coefficient (Wildman–Crippen LogP) is 13.7. The van der Waals surface area contributed by atoms with Gasteiger partial charge >= 0.3 is 0 Å². The molecule has 0 saturated carbocycles. The number of para-hydroxylation sites is 2. The SMILES string of the molecule is [2H]c1c([2H])c([2H])c(-c2c([2H])c([2H])c([2H])c3c4c([2H])c([2H])c([2H])c([2H])c4n(-c4ccc(-c5nc(-c6ccccc6)nc(-c6ccc7c(c6)sc6ccccc67)n5)cc4-c4ccccc4)c23)c([2H])c1[2H]. The molecule has 0 fully saturated rings. The van der Waals surface area contributed by atoms with Gasteiger partial charge in [0.25, 0.3) is 0 Å². The second-order valence-corrected chi connectivity index (χ2v) is 14.2. The molecular weight excluding hydrogens is 701 g/mol. The standard InChI is InChI=1S/C51H32N4S/c1-4-15-33(16-5-1)38-23-14-24-42-39-21-10-12-25-44(39)55(48(38)42)45-30-28-36(31-43(45)34-17-6-2-7-18-34)50-52-49(35-19-8-3-9-20-35)53-51(54-50)37-27-29-41-40-22-11-13-26-46(40)56-47(41)32-37/h1-32H/i1D,4D,5D,10D,12D,14D,15D,16D,21D,23D,24D,25D. The van der Waals surface area contributed by atoms with Crippen LogP contribution in [0.5, 0.6) is 0 Å². The van der Waals surface area contributed by atoms with E-state index >= 15 is 0 Å². The average Bonchev–Trinajstić information content (AvgIpc) is 3.93. The number of hydrogen-bond acceptors (Lipinski definition) is 4. The van der Waals surface area contributed by atoms with Gasteiger partial charge in [-0.2, -0.15) is 0 Å². The molecule has 0 aliphatic heterocycles. The van der Waals surface area contributed by atoms with Crippen molar-refractivity contribution in [2.75, 3.05) is 0 Å². The minimum atomic E-state index is -0.688. The fourth-order valence-corrected chi connectivity index (χ4v) is 8.45. The summed E-state index contributed by atoms with van der Waals surface area (Å²) >= 11 is 1.68. The Bertz CT molecular complexity index is 3920. The summed E-state index contributed by atoms with van der Waals surface area (Å²) in [5.41, 5.74) is 2.57. The molecule has 4 nitrogen and oxygen atoms in total. The van der Waals surface area contributed by atoms with Gasteiger partial charge in [-0.1, -0.05) is 157 Å². The van der Waals surface area contributed by atoms with Crippen LogP contribution in [-0.4, -0.2) is 19.5 Å². The average molecular weight is 745 g/mol. The molecule has 3 heterocycles. The molecule has 0 bridgehead atoms. The highest BCUT2D eigenvalue weighted by Crippen LogP contribution is 2.42. The van der Waals surface area contributed by atoms with Crippen molar-refractivity contribution in [3.05, 3.63) is 194 Å². The summed E-state index contributed by atoms with van der Waals surface area (Å²) in [7, 11) is 0. The largest absolute Gasteiger partial charge is 0.308 e. The molecule has 0 aliphatic carbocycles. The first-order valence-corrected chi connectivity index (χ1v) is 18.6. The lowest BCUT2D eigenvalue weighted by Gasteiger charge is -2.17. The van der Waals surface area contributed by atoms with Crippen LogP contribution in [0.25, 0.3) is 104 Å². The van der Waals surface area contributed by atoms with Crippen molar-refractivity contribution in [3.63, 3.8) is 0 Å². The van der Waals surface area contributed by atoms with Gasteiger partial charge < -0.3 is 4.57 Å². The molecular formula is C51H32N4S. The third kappa shape index (κ3) is 5.40. The molecule has 0 spiro atoms. The van der Waals surface area contributed by atoms with Crippen LogP contribution >= 0.6 is 11.3 Å². The first kappa shape index (κ1) is 22.2. The van der Waals surface area contributed by atoms with E-state index < -0.39 is 78.1 Å². The molecule has 3 aromatic heterocycles. The maximum atomic E-state index is 9.37. The zero-order chi connectivity index (χ0) is 47.4. The van der Waals surface area contributed by atoms with Gasteiger partial charge in [-0.15, -0.1) is 11.3 Å². The molecule has 0 aliphatic rings. The van der Waals surface area contributed by atoms with Crippen LogP contribution in [0.15, 0.2) is 194 Å². The van der Waals surface area contributed by atoms with Crippen molar-refractivity contribution in [1.29, 1.82) is 0 Å². The van der Waals surface area contributed by atoms with Crippen molar-refractivity contribution in [3.8, 4) is 62.1 Å². The van der Waals surface area contributed by atoms with E-state index in [1.807, 2.05) is 84.9 Å². The van der Waals surface area contributed by atoms with Crippen molar-refractivity contribution < 1.29 is 16.4 Å². The normalized spacial score (nSPS) is 14.6. The van der Waals surface area contributed by atoms with E-state index in [9.17, 15) is 5.48 Å². The maximum absolute atomic E-state index is 9.37. The second kappa shape index (κ2) is 13.3. The maximum Gasteiger partial charge on any atom is 0.164 e. The number of nitrogens with zero attached hydrogens (tertiary/aromatic N) is 4. The molecule has 0 saturated heterocycles. The number of rotatable bonds is 6. The van der Waals surface area contributed by atoms with E-state index in [1.165, 1.54) is 4.57 Å². The van der Waals surface area contributed by atoms with Crippen LogP contribution in [-0.2, 0) is 0 Å². The number of thiophene rings is 1. The van der Waals surface area contributed by atoms with Crippen LogP contribution in [0.1, 0.15) is 16.4 Å². The lowest BCUT2D eigenvalue weighted by Crippen LogP contribution is -2.02. The summed E-state index contributed by atoms with van der Waals surface area (Å²) in [4.78, 5) is 15.1. The highest BCUT2D eigenvalue weighted by molar-refractivity contribution is 7.25. The van der Waals surface area contributed by atoms with E-state index in [0.29, 0.717) is 39.9 Å². The van der Waals surface area contributed by atoms with Gasteiger partial charge in [0, 0.05) is 58.8 Å². The number of aromatic nitrogens is 4. The Morgan fingerprint density at radius 2 is 1.04 bits per heavy atom. The first-order valence-electron chi connectivity index (χ1n) is 23.8. The van der Waals surface area contributed by atoms with E-state index in [-0.39, 0.29) is 27.4 Å². The van der Waals surface area contributed by atoms with Crippen LogP contribution in [0, 0.1) is 0 Å². The molecule has 11 rings (SSSR count). The van der Waals surface area contributed by atoms with Gasteiger partial charge in [-0.3, -0.25) is 0 Å². The highest BCUT2D eigenvalue weighted by Gasteiger charge is 2.21. The smallest absolute Gasteiger partial charge is 0.164 e. The molecule has 0 radical (unpaired) electrons. The van der Waals surface area contributed by atoms with Crippen molar-refractivity contribution in [2.45, 2.75) is 0 Å². The Morgan fingerprint density at radius 3 is 1.84 bits per heavy atom. The predicted molar refractivity (Wildman–Crippen MR) is 234 cm³/mol. The molecule has 262 valence electrons. The molecule has 0 unspecified atom stereocenters. The summed E-state index contributed by atoms with van der Waals surface area (Å²) in [6.07, 6.45) is 0. The van der Waals surface area contributed by atoms with E-state index in [0.717, 1.165) is 31.3 Å². The Morgan fingerprint density at radius 1 is 0.411 bits per heavy atom. The Balaban J connectivity index is 1.24. The number of benzene rings is 8. The molecule has 8 aromatic carbocycles. The van der Waals surface area contributed by atoms with E-state index in [2.05, 4.69) is 24.3 Å². The second-order valence-electron chi connectivity index (χ2n) is 13.1. The van der Waals surface area contributed by atoms with E-state index in [1.54, 1.807) is 23.5 Å². The summed E-state index contributed by atoms with van der Waals surface area (Å²) in [6, 6.07) is 31.0. The quantitative estimate of drug-likeness (QED) is 0.170. The minimum absolute atomic E-state index is 0.103. The zero-order valence-corrected chi connectivity index (χ0v) is 30.1. The van der Waals surface area contributed by atoms with Gasteiger partial charge in [0.2, 0.25) is 0 Å². The van der Waals surface area contributed by atoms with Crippen LogP contribution in [0.3, 0.4) is 0 Å². The molecule has 0 N–H and O–H groups in total. The van der Waals surface area contributed by atoms with Gasteiger partial charge in [0.1, 0.15) is 0 Å². The molecule has 5 heteroatoms. The van der Waals surface area contributed by atoms with Gasteiger partial charge in [-0.05, 0) is 47.5 Å². The minimum Gasteiger partial charge on any atom is -0.308 e. The zero-order valence-electron chi connectivity index (χ0n) is 41.2. The number of fused-ring (bicyclic) bond motifs is 6. The Hall–Kier alpha value is -7.21. The Kier molecular flexibility index (Phi) is 5.27. The Labute approximate surface area is 344 Å². The summed E-state index contributed by atoms with van der Waals surface area (Å²) in [6.45, 7) is 0. The third-order valence-electron chi connectivity index (χ3n) is 9.85. The van der Waals surface area contributed by atoms with Crippen LogP contribution in [0.2, 0.25) is 0 Å². The fourth-order valence-electron chi connectivity index (χ4n) is 7.30. The summed E-state index contributed by atoms with van der Waals surface area (Å²) in [5, 5.41) is 1.99. The molecule has 56 heavy (non-hydrogen) atoms. The monoisotopic (exact) mass is 744 g/mol. The lowest BCUT2D eigenvalue weighted by molar-refractivity contribution is 1.07. The van der Waals surface area contributed by atoms with Crippen molar-refractivity contribution in [2.24, 2.45) is 0 Å². The molecule has 0 atom stereocenters. The topological polar surface area (TPSA) is 43.6 Å². The van der Waals surface area contributed by atoms with Crippen LogP contribution < -0.4 is 0 Å². The van der Waals surface area contributed by atoms with Crippen molar-refractivity contribution >= 4 is 53.3 Å². The first-order chi connectivity index (χ1) is 32.7. The van der Waals surface area contributed by atoms with Crippen LogP contribution in [0.4, 0.5) is 0 Å². The fraction of sp³-hybridized carbons (Fsp3) is 0. The number of hydrogen-bond donors (Lipinski definition) is 0. The van der Waals surface area contributed by atoms with Crippen molar-refractivity contribution in [1.82, 2.24) is 19.5 Å². The highest BCUT2D eigenvalue weighted by atomic mass is 32.1. The molecule has 11 aromatic rings. The van der Waals surface area contributed by atoms with Gasteiger partial charge in [-0.25, -0.2) is 15.0 Å². The molecule has 0 amide bonds. The van der Waals surface area contributed by atoms with Gasteiger partial charge in [0.05, 0.1) is 33.2 Å². The van der Waals surface area contributed by atoms with E-state index in [4.69, 9.17) is 25.9 Å². The summed E-state index contributed by atoms with van der Waals surface area (Å²) in [5.74, 6) is 1.17. The third-order valence-corrected chi connectivity index (χ3v) is 11.0. The van der Waals surface area contributed by atoms with Gasteiger partial charge in [0.15, 0.2) is 17.5 Å². The summed E-state index contributed by atoms with van der Waals surface area (Å²) < 4.78 is 111. The lowest BCUT2D eigenvalue weighted by atomic mass is 9.99.